The summed E-state index contributed by atoms with van der Waals surface area (Å²) in [7, 11) is 0. The van der Waals surface area contributed by atoms with Crippen molar-refractivity contribution >= 4 is 55.1 Å². The highest BCUT2D eigenvalue weighted by Crippen LogP contribution is 2.36. The first-order chi connectivity index (χ1) is 13.5. The predicted octanol–water partition coefficient (Wildman–Crippen LogP) is 7.82. The third-order valence-corrected chi connectivity index (χ3v) is 5.57. The van der Waals surface area contributed by atoms with Crippen LogP contribution in [0.5, 0.6) is 5.75 Å². The van der Waals surface area contributed by atoms with Crippen LogP contribution in [0.1, 0.15) is 22.3 Å². The SMILES string of the molecule is Cc1ccc(/C(C#N)=C/c2cc(Br)cc(Br)c2OCc2ccccc2Cl)cc1. The Morgan fingerprint density at radius 2 is 1.82 bits per heavy atom. The van der Waals surface area contributed by atoms with Gasteiger partial charge in [-0.05, 0) is 52.7 Å². The van der Waals surface area contributed by atoms with Crippen LogP contribution in [-0.2, 0) is 6.61 Å². The van der Waals surface area contributed by atoms with Gasteiger partial charge in [-0.3, -0.25) is 0 Å². The number of nitriles is 1. The second-order valence-electron chi connectivity index (χ2n) is 6.22. The molecule has 0 amide bonds. The summed E-state index contributed by atoms with van der Waals surface area (Å²) in [6.07, 6.45) is 1.84. The van der Waals surface area contributed by atoms with Gasteiger partial charge in [-0.2, -0.15) is 5.26 Å². The van der Waals surface area contributed by atoms with Crippen LogP contribution >= 0.6 is 43.5 Å². The first-order valence-corrected chi connectivity index (χ1v) is 10.5. The van der Waals surface area contributed by atoms with E-state index >= 15 is 0 Å². The highest BCUT2D eigenvalue weighted by atomic mass is 79.9. The summed E-state index contributed by atoms with van der Waals surface area (Å²) in [5.41, 5.74) is 4.27. The topological polar surface area (TPSA) is 33.0 Å². The van der Waals surface area contributed by atoms with Crippen molar-refractivity contribution < 1.29 is 4.74 Å². The molecule has 0 aliphatic heterocycles. The molecule has 0 heterocycles. The third kappa shape index (κ3) is 5.05. The molecule has 0 N–H and O–H groups in total. The van der Waals surface area contributed by atoms with Crippen molar-refractivity contribution in [2.75, 3.05) is 0 Å². The van der Waals surface area contributed by atoms with E-state index in [0.29, 0.717) is 23.0 Å². The average Bonchev–Trinajstić information content (AvgIpc) is 2.67. The van der Waals surface area contributed by atoms with Gasteiger partial charge in [-0.25, -0.2) is 0 Å². The molecule has 2 nitrogen and oxygen atoms in total. The van der Waals surface area contributed by atoms with Gasteiger partial charge in [-0.1, -0.05) is 75.6 Å². The number of hydrogen-bond donors (Lipinski definition) is 0. The molecule has 0 spiro atoms. The molecular weight excluding hydrogens is 502 g/mol. The number of halogens is 3. The Kier molecular flexibility index (Phi) is 6.96. The number of nitrogens with zero attached hydrogens (tertiary/aromatic N) is 1. The first-order valence-electron chi connectivity index (χ1n) is 8.52. The summed E-state index contributed by atoms with van der Waals surface area (Å²) in [6.45, 7) is 2.35. The summed E-state index contributed by atoms with van der Waals surface area (Å²) in [4.78, 5) is 0. The molecule has 0 aliphatic rings. The Morgan fingerprint density at radius 3 is 2.50 bits per heavy atom. The molecule has 0 aromatic heterocycles. The van der Waals surface area contributed by atoms with Crippen molar-refractivity contribution in [3.05, 3.63) is 96.9 Å². The molecule has 0 aliphatic carbocycles. The molecular formula is C23H16Br2ClNO. The van der Waals surface area contributed by atoms with Crippen LogP contribution < -0.4 is 4.74 Å². The number of benzene rings is 3. The van der Waals surface area contributed by atoms with Crippen LogP contribution in [0.3, 0.4) is 0 Å². The van der Waals surface area contributed by atoms with Gasteiger partial charge in [0, 0.05) is 20.6 Å². The van der Waals surface area contributed by atoms with E-state index in [0.717, 1.165) is 31.2 Å². The molecule has 28 heavy (non-hydrogen) atoms. The number of ether oxygens (including phenoxy) is 1. The van der Waals surface area contributed by atoms with E-state index in [1.807, 2.05) is 73.7 Å². The fourth-order valence-electron chi connectivity index (χ4n) is 2.67. The van der Waals surface area contributed by atoms with E-state index in [-0.39, 0.29) is 0 Å². The summed E-state index contributed by atoms with van der Waals surface area (Å²) >= 11 is 13.3. The van der Waals surface area contributed by atoms with Gasteiger partial charge in [0.25, 0.3) is 0 Å². The summed E-state index contributed by atoms with van der Waals surface area (Å²) in [6, 6.07) is 21.6. The molecule has 0 bridgehead atoms. The van der Waals surface area contributed by atoms with Crippen LogP contribution in [0.4, 0.5) is 0 Å². The second kappa shape index (κ2) is 9.43. The zero-order valence-electron chi connectivity index (χ0n) is 15.0. The molecule has 3 rings (SSSR count). The molecule has 3 aromatic rings. The van der Waals surface area contributed by atoms with Crippen LogP contribution in [0.25, 0.3) is 11.6 Å². The van der Waals surface area contributed by atoms with Crippen molar-refractivity contribution in [3.8, 4) is 11.8 Å². The number of allylic oxidation sites excluding steroid dienone is 1. The number of hydrogen-bond acceptors (Lipinski definition) is 2. The van der Waals surface area contributed by atoms with Gasteiger partial charge in [-0.15, -0.1) is 0 Å². The normalized spacial score (nSPS) is 11.2. The Hall–Kier alpha value is -2.06. The molecule has 0 unspecified atom stereocenters. The van der Waals surface area contributed by atoms with Crippen molar-refractivity contribution in [3.63, 3.8) is 0 Å². The Labute approximate surface area is 186 Å². The van der Waals surface area contributed by atoms with E-state index in [1.165, 1.54) is 0 Å². The lowest BCUT2D eigenvalue weighted by atomic mass is 10.0. The van der Waals surface area contributed by atoms with Gasteiger partial charge in [0.15, 0.2) is 0 Å². The predicted molar refractivity (Wildman–Crippen MR) is 122 cm³/mol. The fourth-order valence-corrected chi connectivity index (χ4v) is 4.24. The zero-order valence-corrected chi connectivity index (χ0v) is 19.0. The third-order valence-electron chi connectivity index (χ3n) is 4.15. The van der Waals surface area contributed by atoms with Crippen molar-refractivity contribution in [1.82, 2.24) is 0 Å². The second-order valence-corrected chi connectivity index (χ2v) is 8.40. The minimum Gasteiger partial charge on any atom is -0.487 e. The first kappa shape index (κ1) is 20.7. The summed E-state index contributed by atoms with van der Waals surface area (Å²) in [5, 5.41) is 10.3. The summed E-state index contributed by atoms with van der Waals surface area (Å²) in [5.74, 6) is 0.656. The molecule has 5 heteroatoms. The van der Waals surface area contributed by atoms with E-state index in [2.05, 4.69) is 37.9 Å². The van der Waals surface area contributed by atoms with Crippen LogP contribution in [0.2, 0.25) is 5.02 Å². The monoisotopic (exact) mass is 515 g/mol. The van der Waals surface area contributed by atoms with Crippen molar-refractivity contribution in [1.29, 1.82) is 5.26 Å². The zero-order chi connectivity index (χ0) is 20.1. The number of rotatable bonds is 5. The molecule has 140 valence electrons. The quantitative estimate of drug-likeness (QED) is 0.255. The maximum atomic E-state index is 9.68. The molecule has 0 atom stereocenters. The molecule has 0 fully saturated rings. The van der Waals surface area contributed by atoms with Gasteiger partial charge < -0.3 is 4.74 Å². The maximum Gasteiger partial charge on any atom is 0.141 e. The van der Waals surface area contributed by atoms with Crippen LogP contribution in [0, 0.1) is 18.3 Å². The largest absolute Gasteiger partial charge is 0.487 e. The Bertz CT molecular complexity index is 1070. The number of aryl methyl sites for hydroxylation is 1. The Morgan fingerprint density at radius 1 is 1.11 bits per heavy atom. The molecule has 0 radical (unpaired) electrons. The van der Waals surface area contributed by atoms with Gasteiger partial charge in [0.2, 0.25) is 0 Å². The minimum atomic E-state index is 0.327. The molecule has 0 saturated carbocycles. The average molecular weight is 518 g/mol. The van der Waals surface area contributed by atoms with E-state index in [9.17, 15) is 5.26 Å². The van der Waals surface area contributed by atoms with Crippen LogP contribution in [-0.4, -0.2) is 0 Å². The lowest BCUT2D eigenvalue weighted by Gasteiger charge is -2.13. The lowest BCUT2D eigenvalue weighted by molar-refractivity contribution is 0.303. The molecule has 0 saturated heterocycles. The van der Waals surface area contributed by atoms with Gasteiger partial charge >= 0.3 is 0 Å². The summed E-state index contributed by atoms with van der Waals surface area (Å²) < 4.78 is 7.76. The van der Waals surface area contributed by atoms with Crippen molar-refractivity contribution in [2.45, 2.75) is 13.5 Å². The van der Waals surface area contributed by atoms with Gasteiger partial charge in [0.1, 0.15) is 12.4 Å². The minimum absolute atomic E-state index is 0.327. The fraction of sp³-hybridized carbons (Fsp3) is 0.0870. The highest BCUT2D eigenvalue weighted by Gasteiger charge is 2.12. The lowest BCUT2D eigenvalue weighted by Crippen LogP contribution is -1.99. The molecule has 3 aromatic carbocycles. The van der Waals surface area contributed by atoms with E-state index in [1.54, 1.807) is 0 Å². The highest BCUT2D eigenvalue weighted by molar-refractivity contribution is 9.11. The standard InChI is InChI=1S/C23H16Br2ClNO/c1-15-6-8-16(9-7-15)19(13-27)10-18-11-20(24)12-21(25)23(18)28-14-17-4-2-3-5-22(17)26/h2-12H,14H2,1H3/b19-10+. The van der Waals surface area contributed by atoms with E-state index < -0.39 is 0 Å². The Balaban J connectivity index is 1.99. The van der Waals surface area contributed by atoms with Crippen LogP contribution in [0.15, 0.2) is 69.6 Å². The maximum absolute atomic E-state index is 9.68. The smallest absolute Gasteiger partial charge is 0.141 e. The van der Waals surface area contributed by atoms with Crippen molar-refractivity contribution in [2.24, 2.45) is 0 Å². The van der Waals surface area contributed by atoms with E-state index in [4.69, 9.17) is 16.3 Å². The van der Waals surface area contributed by atoms with Gasteiger partial charge in [0.05, 0.1) is 16.1 Å².